The number of urea groups is 1. The minimum atomic E-state index is -0.554. The van der Waals surface area contributed by atoms with Gasteiger partial charge in [0.05, 0.1) is 4.92 Å². The molecular weight excluding hydrogens is 346 g/mol. The SMILES string of the molecule is O=C(NC(=O)N1CCC(Cc2ccccc2)CC1)c1ccc([N+](=O)[O-])cc1. The van der Waals surface area contributed by atoms with Crippen LogP contribution in [-0.2, 0) is 6.42 Å². The van der Waals surface area contributed by atoms with Crippen molar-refractivity contribution in [2.24, 2.45) is 5.92 Å². The lowest BCUT2D eigenvalue weighted by Gasteiger charge is -2.31. The maximum atomic E-state index is 12.3. The highest BCUT2D eigenvalue weighted by molar-refractivity contribution is 6.04. The Morgan fingerprint density at radius 3 is 2.26 bits per heavy atom. The molecule has 140 valence electrons. The van der Waals surface area contributed by atoms with E-state index in [0.717, 1.165) is 19.3 Å². The van der Waals surface area contributed by atoms with Crippen molar-refractivity contribution in [1.82, 2.24) is 10.2 Å². The fourth-order valence-electron chi connectivity index (χ4n) is 3.27. The molecule has 2 aromatic rings. The summed E-state index contributed by atoms with van der Waals surface area (Å²) in [6.45, 7) is 1.22. The molecule has 0 saturated carbocycles. The summed E-state index contributed by atoms with van der Waals surface area (Å²) < 4.78 is 0. The first kappa shape index (κ1) is 18.6. The highest BCUT2D eigenvalue weighted by Crippen LogP contribution is 2.21. The molecule has 0 unspecified atom stereocenters. The van der Waals surface area contributed by atoms with Crippen molar-refractivity contribution < 1.29 is 14.5 Å². The number of non-ortho nitro benzene ring substituents is 1. The van der Waals surface area contributed by atoms with Crippen molar-refractivity contribution in [2.75, 3.05) is 13.1 Å². The number of benzene rings is 2. The summed E-state index contributed by atoms with van der Waals surface area (Å²) in [7, 11) is 0. The molecule has 2 aromatic carbocycles. The average molecular weight is 367 g/mol. The zero-order chi connectivity index (χ0) is 19.2. The van der Waals surface area contributed by atoms with E-state index in [2.05, 4.69) is 17.4 Å². The van der Waals surface area contributed by atoms with Crippen LogP contribution < -0.4 is 5.32 Å². The van der Waals surface area contributed by atoms with Gasteiger partial charge >= 0.3 is 6.03 Å². The Kier molecular flexibility index (Phi) is 5.80. The minimum Gasteiger partial charge on any atom is -0.324 e. The molecule has 3 amide bonds. The zero-order valence-corrected chi connectivity index (χ0v) is 14.8. The summed E-state index contributed by atoms with van der Waals surface area (Å²) in [5.74, 6) is -0.0249. The first-order valence-corrected chi connectivity index (χ1v) is 8.91. The van der Waals surface area contributed by atoms with E-state index in [4.69, 9.17) is 0 Å². The van der Waals surface area contributed by atoms with Gasteiger partial charge in [-0.1, -0.05) is 30.3 Å². The van der Waals surface area contributed by atoms with Crippen LogP contribution in [0.4, 0.5) is 10.5 Å². The molecule has 1 N–H and O–H groups in total. The lowest BCUT2D eigenvalue weighted by molar-refractivity contribution is -0.384. The second-order valence-corrected chi connectivity index (χ2v) is 6.68. The van der Waals surface area contributed by atoms with E-state index in [1.165, 1.54) is 29.8 Å². The van der Waals surface area contributed by atoms with Gasteiger partial charge in [-0.3, -0.25) is 20.2 Å². The highest BCUT2D eigenvalue weighted by atomic mass is 16.6. The molecule has 1 heterocycles. The summed E-state index contributed by atoms with van der Waals surface area (Å²) in [5, 5.41) is 13.0. The maximum Gasteiger partial charge on any atom is 0.324 e. The van der Waals surface area contributed by atoms with Crippen molar-refractivity contribution in [1.29, 1.82) is 0 Å². The Hall–Kier alpha value is -3.22. The van der Waals surface area contributed by atoms with Crippen molar-refractivity contribution in [2.45, 2.75) is 19.3 Å². The number of likely N-dealkylation sites (tertiary alicyclic amines) is 1. The Bertz CT molecular complexity index is 813. The molecule has 1 aliphatic rings. The number of nitro benzene ring substituents is 1. The minimum absolute atomic E-state index is 0.0987. The Morgan fingerprint density at radius 1 is 1.04 bits per heavy atom. The van der Waals surface area contributed by atoms with Crippen LogP contribution >= 0.6 is 0 Å². The number of piperidine rings is 1. The van der Waals surface area contributed by atoms with Crippen molar-refractivity contribution in [3.8, 4) is 0 Å². The number of nitrogens with one attached hydrogen (secondary N) is 1. The molecule has 7 nitrogen and oxygen atoms in total. The summed E-state index contributed by atoms with van der Waals surface area (Å²) in [4.78, 5) is 36.2. The van der Waals surface area contributed by atoms with Gasteiger partial charge in [-0.15, -0.1) is 0 Å². The number of imide groups is 1. The van der Waals surface area contributed by atoms with E-state index in [1.54, 1.807) is 4.90 Å². The molecular formula is C20H21N3O4. The number of carbonyl (C=O) groups is 2. The van der Waals surface area contributed by atoms with Crippen LogP contribution in [-0.4, -0.2) is 34.9 Å². The van der Waals surface area contributed by atoms with E-state index in [9.17, 15) is 19.7 Å². The third kappa shape index (κ3) is 4.91. The van der Waals surface area contributed by atoms with Crippen LogP contribution in [0.5, 0.6) is 0 Å². The van der Waals surface area contributed by atoms with Crippen LogP contribution in [0, 0.1) is 16.0 Å². The molecule has 1 aliphatic heterocycles. The van der Waals surface area contributed by atoms with Gasteiger partial charge in [0.25, 0.3) is 11.6 Å². The topological polar surface area (TPSA) is 92.6 Å². The molecule has 0 aliphatic carbocycles. The van der Waals surface area contributed by atoms with E-state index < -0.39 is 16.9 Å². The lowest BCUT2D eigenvalue weighted by atomic mass is 9.90. The van der Waals surface area contributed by atoms with E-state index in [1.807, 2.05) is 18.2 Å². The number of rotatable bonds is 4. The molecule has 3 rings (SSSR count). The number of nitro groups is 1. The van der Waals surface area contributed by atoms with Gasteiger partial charge < -0.3 is 4.90 Å². The van der Waals surface area contributed by atoms with Gasteiger partial charge in [-0.05, 0) is 42.9 Å². The molecule has 7 heteroatoms. The lowest BCUT2D eigenvalue weighted by Crippen LogP contribution is -2.46. The second kappa shape index (κ2) is 8.44. The van der Waals surface area contributed by atoms with Crippen LogP contribution in [0.3, 0.4) is 0 Å². The summed E-state index contributed by atoms with van der Waals surface area (Å²) in [5.41, 5.74) is 1.42. The zero-order valence-electron chi connectivity index (χ0n) is 14.8. The standard InChI is InChI=1S/C20H21N3O4/c24-19(17-6-8-18(9-7-17)23(26)27)21-20(25)22-12-10-16(11-13-22)14-15-4-2-1-3-5-15/h1-9,16H,10-14H2,(H,21,24,25). The van der Waals surface area contributed by atoms with Crippen LogP contribution in [0.15, 0.2) is 54.6 Å². The number of amides is 3. The summed E-state index contributed by atoms with van der Waals surface area (Å²) in [6, 6.07) is 15.0. The van der Waals surface area contributed by atoms with E-state index in [0.29, 0.717) is 19.0 Å². The van der Waals surface area contributed by atoms with Gasteiger partial charge in [0.15, 0.2) is 0 Å². The monoisotopic (exact) mass is 367 g/mol. The Balaban J connectivity index is 1.49. The van der Waals surface area contributed by atoms with Gasteiger partial charge in [0.2, 0.25) is 0 Å². The van der Waals surface area contributed by atoms with Crippen molar-refractivity contribution >= 4 is 17.6 Å². The number of nitrogens with zero attached hydrogens (tertiary/aromatic N) is 2. The van der Waals surface area contributed by atoms with Gasteiger partial charge in [0, 0.05) is 30.8 Å². The van der Waals surface area contributed by atoms with Gasteiger partial charge in [-0.25, -0.2) is 4.79 Å². The average Bonchev–Trinajstić information content (AvgIpc) is 2.69. The second-order valence-electron chi connectivity index (χ2n) is 6.68. The molecule has 0 bridgehead atoms. The molecule has 0 radical (unpaired) electrons. The first-order valence-electron chi connectivity index (χ1n) is 8.91. The molecule has 0 aromatic heterocycles. The third-order valence-electron chi connectivity index (χ3n) is 4.83. The predicted molar refractivity (Wildman–Crippen MR) is 100 cm³/mol. The summed E-state index contributed by atoms with van der Waals surface area (Å²) >= 11 is 0. The fraction of sp³-hybridized carbons (Fsp3) is 0.300. The number of hydrogen-bond acceptors (Lipinski definition) is 4. The number of carbonyl (C=O) groups excluding carboxylic acids is 2. The molecule has 0 atom stereocenters. The summed E-state index contributed by atoms with van der Waals surface area (Å²) in [6.07, 6.45) is 2.79. The molecule has 0 spiro atoms. The fourth-order valence-corrected chi connectivity index (χ4v) is 3.27. The number of hydrogen-bond donors (Lipinski definition) is 1. The maximum absolute atomic E-state index is 12.3. The van der Waals surface area contributed by atoms with E-state index >= 15 is 0 Å². The molecule has 1 saturated heterocycles. The van der Waals surface area contributed by atoms with Gasteiger partial charge in [-0.2, -0.15) is 0 Å². The smallest absolute Gasteiger partial charge is 0.324 e. The van der Waals surface area contributed by atoms with Crippen LogP contribution in [0.1, 0.15) is 28.8 Å². The Morgan fingerprint density at radius 2 is 1.67 bits per heavy atom. The quantitative estimate of drug-likeness (QED) is 0.662. The van der Waals surface area contributed by atoms with Crippen molar-refractivity contribution in [3.63, 3.8) is 0 Å². The van der Waals surface area contributed by atoms with Crippen LogP contribution in [0.2, 0.25) is 0 Å². The normalized spacial score (nSPS) is 14.6. The third-order valence-corrected chi connectivity index (χ3v) is 4.83. The van der Waals surface area contributed by atoms with Crippen molar-refractivity contribution in [3.05, 3.63) is 75.8 Å². The Labute approximate surface area is 157 Å². The largest absolute Gasteiger partial charge is 0.324 e. The molecule has 27 heavy (non-hydrogen) atoms. The predicted octanol–water partition coefficient (Wildman–Crippen LogP) is 3.40. The van der Waals surface area contributed by atoms with E-state index in [-0.39, 0.29) is 11.3 Å². The van der Waals surface area contributed by atoms with Crippen LogP contribution in [0.25, 0.3) is 0 Å². The molecule has 1 fully saturated rings. The first-order chi connectivity index (χ1) is 13.0. The highest BCUT2D eigenvalue weighted by Gasteiger charge is 2.24. The van der Waals surface area contributed by atoms with Gasteiger partial charge in [0.1, 0.15) is 0 Å².